The Morgan fingerprint density at radius 3 is 1.40 bits per heavy atom. The van der Waals surface area contributed by atoms with Crippen LogP contribution in [0, 0.1) is 0 Å². The summed E-state index contributed by atoms with van der Waals surface area (Å²) < 4.78 is 23.8. The lowest BCUT2D eigenvalue weighted by molar-refractivity contribution is -0.343. The van der Waals surface area contributed by atoms with Crippen molar-refractivity contribution >= 4 is 42.5 Å². The van der Waals surface area contributed by atoms with Gasteiger partial charge >= 0.3 is 5.97 Å². The van der Waals surface area contributed by atoms with Crippen LogP contribution < -0.4 is 10.4 Å². The van der Waals surface area contributed by atoms with Crippen LogP contribution in [0.25, 0.3) is 0 Å². The molecule has 2 heterocycles. The molecule has 3 aromatic carbocycles. The zero-order chi connectivity index (χ0) is 34.7. The van der Waals surface area contributed by atoms with Crippen LogP contribution in [0.5, 0.6) is 0 Å². The van der Waals surface area contributed by atoms with Crippen molar-refractivity contribution in [3.8, 4) is 0 Å². The lowest BCUT2D eigenvalue weighted by Gasteiger charge is -2.53. The molecular formula is C39H54O5Si3. The maximum absolute atomic E-state index is 12.6. The summed E-state index contributed by atoms with van der Waals surface area (Å²) in [5.74, 6) is -2.50. The zero-order valence-corrected chi connectivity index (χ0v) is 33.4. The van der Waals surface area contributed by atoms with Crippen molar-refractivity contribution in [3.05, 3.63) is 94.5 Å². The maximum atomic E-state index is 12.6. The number of hydrogen-bond acceptors (Lipinski definition) is 4. The summed E-state index contributed by atoms with van der Waals surface area (Å²) in [5, 5.41) is 12.7. The first kappa shape index (κ1) is 36.0. The molecule has 0 atom stereocenters. The van der Waals surface area contributed by atoms with E-state index in [9.17, 15) is 9.90 Å². The second kappa shape index (κ2) is 12.8. The number of carboxylic acids is 1. The molecule has 0 unspecified atom stereocenters. The number of carboxylic acid groups (broad SMARTS) is 1. The minimum Gasteiger partial charge on any atom is -0.478 e. The highest BCUT2D eigenvalue weighted by molar-refractivity contribution is 6.79. The van der Waals surface area contributed by atoms with Gasteiger partial charge in [-0.05, 0) is 62.6 Å². The van der Waals surface area contributed by atoms with E-state index >= 15 is 0 Å². The van der Waals surface area contributed by atoms with Gasteiger partial charge in [-0.25, -0.2) is 4.79 Å². The lowest BCUT2D eigenvalue weighted by atomic mass is 9.78. The fourth-order valence-electron chi connectivity index (χ4n) is 9.38. The Kier molecular flexibility index (Phi) is 9.82. The van der Waals surface area contributed by atoms with E-state index in [1.807, 2.05) is 12.1 Å². The summed E-state index contributed by atoms with van der Waals surface area (Å²) in [5.41, 5.74) is 4.40. The van der Waals surface area contributed by atoms with Gasteiger partial charge in [-0.2, -0.15) is 0 Å². The van der Waals surface area contributed by atoms with Crippen molar-refractivity contribution < 1.29 is 23.5 Å². The van der Waals surface area contributed by atoms with Gasteiger partial charge in [-0.1, -0.05) is 142 Å². The van der Waals surface area contributed by atoms with Gasteiger partial charge in [0, 0.05) is 11.1 Å². The van der Waals surface area contributed by atoms with E-state index in [1.54, 1.807) is 6.07 Å². The van der Waals surface area contributed by atoms with Crippen LogP contribution in [0.2, 0.25) is 33.2 Å². The monoisotopic (exact) mass is 686 g/mol. The number of carbonyl (C=O) groups is 1. The molecule has 0 saturated heterocycles. The summed E-state index contributed by atoms with van der Waals surface area (Å²) in [6.45, 7) is 27.5. The summed E-state index contributed by atoms with van der Waals surface area (Å²) in [6.07, 6.45) is 0. The third-order valence-corrected chi connectivity index (χ3v) is 24.7. The van der Waals surface area contributed by atoms with E-state index in [1.165, 1.54) is 10.4 Å². The Morgan fingerprint density at radius 1 is 0.617 bits per heavy atom. The Hall–Kier alpha value is -2.34. The van der Waals surface area contributed by atoms with Crippen LogP contribution in [0.1, 0.15) is 116 Å². The van der Waals surface area contributed by atoms with Crippen molar-refractivity contribution in [2.24, 2.45) is 0 Å². The summed E-state index contributed by atoms with van der Waals surface area (Å²) in [6, 6.07) is 22.5. The molecule has 0 amide bonds. The summed E-state index contributed by atoms with van der Waals surface area (Å²) >= 11 is 0. The molecule has 8 heteroatoms. The van der Waals surface area contributed by atoms with Crippen molar-refractivity contribution in [2.75, 3.05) is 0 Å². The highest BCUT2D eigenvalue weighted by Gasteiger charge is 2.66. The van der Waals surface area contributed by atoms with Crippen LogP contribution in [0.4, 0.5) is 0 Å². The molecule has 5 rings (SSSR count). The smallest absolute Gasteiger partial charge is 0.335 e. The Labute approximate surface area is 287 Å². The van der Waals surface area contributed by atoms with Gasteiger partial charge < -0.3 is 18.7 Å². The fraction of sp³-hybridized carbons (Fsp3) is 0.513. The predicted octanol–water partition coefficient (Wildman–Crippen LogP) is 9.17. The molecule has 0 aromatic heterocycles. The van der Waals surface area contributed by atoms with Gasteiger partial charge in [-0.3, -0.25) is 0 Å². The van der Waals surface area contributed by atoms with Crippen molar-refractivity contribution in [3.63, 3.8) is 0 Å². The number of ether oxygens (including phenoxy) is 1. The van der Waals surface area contributed by atoms with E-state index in [0.29, 0.717) is 9.52 Å². The maximum Gasteiger partial charge on any atom is 0.335 e. The minimum absolute atomic E-state index is 0.227. The lowest BCUT2D eigenvalue weighted by Crippen LogP contribution is -2.61. The van der Waals surface area contributed by atoms with Crippen molar-refractivity contribution in [1.82, 2.24) is 0 Å². The Balaban J connectivity index is 1.97. The molecule has 1 spiro atoms. The molecule has 1 N–H and O–H groups in total. The van der Waals surface area contributed by atoms with Gasteiger partial charge in [0.25, 0.3) is 5.97 Å². The molecule has 3 aromatic rings. The molecule has 5 nitrogen and oxygen atoms in total. The Bertz CT molecular complexity index is 1500. The average Bonchev–Trinajstić information content (AvgIpc) is 3.27. The number of fused-ring (bicyclic) bond motifs is 6. The molecule has 2 aliphatic rings. The molecule has 0 fully saturated rings. The second-order valence-corrected chi connectivity index (χ2v) is 27.5. The quantitative estimate of drug-likeness (QED) is 0.161. The number of rotatable bonds is 11. The third kappa shape index (κ3) is 5.38. The summed E-state index contributed by atoms with van der Waals surface area (Å²) in [4.78, 5) is 12.6. The number of benzene rings is 3. The van der Waals surface area contributed by atoms with E-state index in [0.717, 1.165) is 22.3 Å². The fourth-order valence-corrected chi connectivity index (χ4v) is 21.6. The van der Waals surface area contributed by atoms with Crippen LogP contribution in [0.15, 0.2) is 66.7 Å². The highest BCUT2D eigenvalue weighted by atomic mass is 28.4. The van der Waals surface area contributed by atoms with Gasteiger partial charge in [0.2, 0.25) is 16.6 Å². The third-order valence-electron chi connectivity index (χ3n) is 11.2. The van der Waals surface area contributed by atoms with Crippen molar-refractivity contribution in [2.45, 2.75) is 128 Å². The topological polar surface area (TPSA) is 65.0 Å². The van der Waals surface area contributed by atoms with Crippen LogP contribution in [-0.4, -0.2) is 37.2 Å². The minimum atomic E-state index is -2.68. The standard InChI is InChI=1S/C39H54O5Si3/c1-24(2)46(25(3)4,26(5)6)43-39(44-47(27(7)8,28(9)10)29(11)12)31-22-21-30(37(40)41)23-34(31)38(42-39)32-17-13-15-19-35(32)45-36-20-16-14-18-33(36)38/h13-29H,1-12H3,(H,40,41). The SMILES string of the molecule is CC(C)[Si](OC1(O[Si](C(C)C)(C(C)C)C(C)C)OC2(c3ccccc3[Si]c3ccccc32)c2cc(C(=O)O)ccc21)(C(C)C)C(C)C. The van der Waals surface area contributed by atoms with E-state index < -0.39 is 34.2 Å². The van der Waals surface area contributed by atoms with Crippen LogP contribution in [0.3, 0.4) is 0 Å². The Morgan fingerprint density at radius 2 is 1.02 bits per heavy atom. The highest BCUT2D eigenvalue weighted by Crippen LogP contribution is 2.61. The van der Waals surface area contributed by atoms with Gasteiger partial charge in [-0.15, -0.1) is 0 Å². The second-order valence-electron chi connectivity index (χ2n) is 15.5. The van der Waals surface area contributed by atoms with E-state index in [-0.39, 0.29) is 38.8 Å². The normalized spacial score (nSPS) is 16.9. The first-order chi connectivity index (χ1) is 22.0. The molecule has 2 radical (unpaired) electrons. The van der Waals surface area contributed by atoms with Crippen LogP contribution >= 0.6 is 0 Å². The van der Waals surface area contributed by atoms with Gasteiger partial charge in [0.15, 0.2) is 0 Å². The van der Waals surface area contributed by atoms with Crippen LogP contribution in [-0.2, 0) is 25.2 Å². The predicted molar refractivity (Wildman–Crippen MR) is 198 cm³/mol. The molecule has 47 heavy (non-hydrogen) atoms. The zero-order valence-electron chi connectivity index (χ0n) is 30.4. The number of hydrogen-bond donors (Lipinski definition) is 1. The van der Waals surface area contributed by atoms with E-state index in [4.69, 9.17) is 13.6 Å². The molecule has 0 saturated carbocycles. The molecular weight excluding hydrogens is 633 g/mol. The average molecular weight is 687 g/mol. The largest absolute Gasteiger partial charge is 0.478 e. The van der Waals surface area contributed by atoms with Crippen molar-refractivity contribution in [1.29, 1.82) is 0 Å². The molecule has 2 aliphatic heterocycles. The van der Waals surface area contributed by atoms with Gasteiger partial charge in [0.1, 0.15) is 15.1 Å². The first-order valence-electron chi connectivity index (χ1n) is 17.5. The van der Waals surface area contributed by atoms with E-state index in [2.05, 4.69) is 132 Å². The first-order valence-corrected chi connectivity index (χ1v) is 22.7. The number of aromatic carboxylic acids is 1. The summed E-state index contributed by atoms with van der Waals surface area (Å²) in [7, 11) is -4.91. The van der Waals surface area contributed by atoms with Gasteiger partial charge in [0.05, 0.1) is 5.56 Å². The molecule has 0 bridgehead atoms. The molecule has 0 aliphatic carbocycles. The molecule has 252 valence electrons.